The van der Waals surface area contributed by atoms with E-state index in [1.165, 1.54) is 12.0 Å². The van der Waals surface area contributed by atoms with Crippen molar-refractivity contribution in [2.24, 2.45) is 5.92 Å². The van der Waals surface area contributed by atoms with Gasteiger partial charge in [0.15, 0.2) is 6.73 Å². The van der Waals surface area contributed by atoms with Crippen LogP contribution in [0.2, 0.25) is 0 Å². The molecular formula is C19H25N3O2. The molecule has 0 radical (unpaired) electrons. The summed E-state index contributed by atoms with van der Waals surface area (Å²) in [6.45, 7) is 2.45. The van der Waals surface area contributed by atoms with E-state index in [9.17, 15) is 4.79 Å². The molecule has 5 heteroatoms. The van der Waals surface area contributed by atoms with Crippen molar-refractivity contribution in [1.29, 1.82) is 0 Å². The Kier molecular flexibility index (Phi) is 5.51. The summed E-state index contributed by atoms with van der Waals surface area (Å²) in [5.41, 5.74) is 2.02. The van der Waals surface area contributed by atoms with Crippen LogP contribution >= 0.6 is 0 Å². The quantitative estimate of drug-likeness (QED) is 0.872. The molecule has 1 saturated carbocycles. The van der Waals surface area contributed by atoms with Gasteiger partial charge in [-0.2, -0.15) is 5.10 Å². The van der Waals surface area contributed by atoms with Crippen LogP contribution in [0.1, 0.15) is 44.6 Å². The van der Waals surface area contributed by atoms with Crippen molar-refractivity contribution in [1.82, 2.24) is 9.78 Å². The van der Waals surface area contributed by atoms with E-state index in [-0.39, 0.29) is 11.8 Å². The largest absolute Gasteiger partial charge is 0.471 e. The third-order valence-corrected chi connectivity index (χ3v) is 4.57. The Morgan fingerprint density at radius 1 is 1.25 bits per heavy atom. The standard InChI is InChI=1S/C19H25N3O2/c1-2-15-8-10-18(11-9-15)24-14-22-13-17(12-20-22)21-19(23)16-6-4-3-5-7-16/h8-13,16H,2-7,14H2,1H3,(H,21,23). The second-order valence-electron chi connectivity index (χ2n) is 6.36. The number of aromatic nitrogens is 2. The molecule has 1 heterocycles. The van der Waals surface area contributed by atoms with E-state index in [0.717, 1.165) is 43.5 Å². The first-order valence-electron chi connectivity index (χ1n) is 8.79. The predicted molar refractivity (Wildman–Crippen MR) is 93.9 cm³/mol. The van der Waals surface area contributed by atoms with Gasteiger partial charge in [-0.1, -0.05) is 38.3 Å². The lowest BCUT2D eigenvalue weighted by Crippen LogP contribution is -2.24. The molecule has 1 fully saturated rings. The van der Waals surface area contributed by atoms with Gasteiger partial charge in [0.2, 0.25) is 5.91 Å². The molecule has 2 aromatic rings. The fraction of sp³-hybridized carbons (Fsp3) is 0.474. The van der Waals surface area contributed by atoms with Crippen molar-refractivity contribution in [3.05, 3.63) is 42.2 Å². The zero-order valence-electron chi connectivity index (χ0n) is 14.2. The van der Waals surface area contributed by atoms with E-state index in [1.54, 1.807) is 17.1 Å². The van der Waals surface area contributed by atoms with Gasteiger partial charge in [-0.25, -0.2) is 4.68 Å². The van der Waals surface area contributed by atoms with Crippen LogP contribution in [0, 0.1) is 5.92 Å². The molecule has 1 amide bonds. The number of nitrogens with zero attached hydrogens (tertiary/aromatic N) is 2. The molecular weight excluding hydrogens is 302 g/mol. The summed E-state index contributed by atoms with van der Waals surface area (Å²) in [4.78, 5) is 12.2. The van der Waals surface area contributed by atoms with Gasteiger partial charge in [0, 0.05) is 5.92 Å². The van der Waals surface area contributed by atoms with Crippen LogP contribution in [0.4, 0.5) is 5.69 Å². The zero-order valence-corrected chi connectivity index (χ0v) is 14.2. The topological polar surface area (TPSA) is 56.1 Å². The van der Waals surface area contributed by atoms with Crippen LogP contribution in [0.5, 0.6) is 5.75 Å². The molecule has 1 aliphatic carbocycles. The Morgan fingerprint density at radius 2 is 2.00 bits per heavy atom. The van der Waals surface area contributed by atoms with Crippen LogP contribution < -0.4 is 10.1 Å². The number of aryl methyl sites for hydroxylation is 1. The summed E-state index contributed by atoms with van der Waals surface area (Å²) >= 11 is 0. The van der Waals surface area contributed by atoms with Gasteiger partial charge in [-0.05, 0) is 37.0 Å². The lowest BCUT2D eigenvalue weighted by Gasteiger charge is -2.20. The maximum atomic E-state index is 12.2. The fourth-order valence-electron chi connectivity index (χ4n) is 3.07. The van der Waals surface area contributed by atoms with Crippen LogP contribution in [0.15, 0.2) is 36.7 Å². The number of amides is 1. The number of rotatable bonds is 6. The molecule has 0 saturated heterocycles. The number of carbonyl (C=O) groups is 1. The van der Waals surface area contributed by atoms with E-state index in [4.69, 9.17) is 4.74 Å². The van der Waals surface area contributed by atoms with Crippen molar-refractivity contribution in [3.63, 3.8) is 0 Å². The van der Waals surface area contributed by atoms with Crippen molar-refractivity contribution in [2.75, 3.05) is 5.32 Å². The maximum absolute atomic E-state index is 12.2. The molecule has 3 rings (SSSR count). The van der Waals surface area contributed by atoms with E-state index < -0.39 is 0 Å². The van der Waals surface area contributed by atoms with Gasteiger partial charge in [0.25, 0.3) is 0 Å². The van der Waals surface area contributed by atoms with Crippen molar-refractivity contribution in [3.8, 4) is 5.75 Å². The van der Waals surface area contributed by atoms with Gasteiger partial charge in [0.1, 0.15) is 5.75 Å². The number of nitrogens with one attached hydrogen (secondary N) is 1. The maximum Gasteiger partial charge on any atom is 0.227 e. The molecule has 128 valence electrons. The minimum Gasteiger partial charge on any atom is -0.471 e. The van der Waals surface area contributed by atoms with Crippen molar-refractivity contribution < 1.29 is 9.53 Å². The average Bonchev–Trinajstić information content (AvgIpc) is 3.08. The second-order valence-corrected chi connectivity index (χ2v) is 6.36. The Hall–Kier alpha value is -2.30. The molecule has 24 heavy (non-hydrogen) atoms. The summed E-state index contributed by atoms with van der Waals surface area (Å²) in [6, 6.07) is 8.06. The predicted octanol–water partition coefficient (Wildman–Crippen LogP) is 4.00. The number of anilines is 1. The summed E-state index contributed by atoms with van der Waals surface area (Å²) in [7, 11) is 0. The Balaban J connectivity index is 1.50. The van der Waals surface area contributed by atoms with Gasteiger partial charge in [0.05, 0.1) is 18.1 Å². The van der Waals surface area contributed by atoms with Crippen molar-refractivity contribution in [2.45, 2.75) is 52.2 Å². The fourth-order valence-corrected chi connectivity index (χ4v) is 3.07. The number of ether oxygens (including phenoxy) is 1. The molecule has 0 spiro atoms. The summed E-state index contributed by atoms with van der Waals surface area (Å²) in [5, 5.41) is 7.21. The first-order valence-corrected chi connectivity index (χ1v) is 8.79. The molecule has 1 aromatic heterocycles. The first-order chi connectivity index (χ1) is 11.7. The molecule has 0 unspecified atom stereocenters. The van der Waals surface area contributed by atoms with E-state index in [0.29, 0.717) is 6.73 Å². The number of carbonyl (C=O) groups excluding carboxylic acids is 1. The summed E-state index contributed by atoms with van der Waals surface area (Å²) in [5.74, 6) is 1.08. The molecule has 1 N–H and O–H groups in total. The SMILES string of the molecule is CCc1ccc(OCn2cc(NC(=O)C3CCCCC3)cn2)cc1. The number of benzene rings is 1. The third kappa shape index (κ3) is 4.37. The van der Waals surface area contributed by atoms with Crippen LogP contribution in [0.25, 0.3) is 0 Å². The van der Waals surface area contributed by atoms with E-state index in [2.05, 4.69) is 29.5 Å². The summed E-state index contributed by atoms with van der Waals surface area (Å²) in [6.07, 6.45) is 10.0. The Labute approximate surface area is 143 Å². The first kappa shape index (κ1) is 16.6. The minimum absolute atomic E-state index is 0.116. The van der Waals surface area contributed by atoms with Crippen molar-refractivity contribution >= 4 is 11.6 Å². The zero-order chi connectivity index (χ0) is 16.8. The highest BCUT2D eigenvalue weighted by molar-refractivity contribution is 5.92. The molecule has 0 atom stereocenters. The number of hydrogen-bond donors (Lipinski definition) is 1. The highest BCUT2D eigenvalue weighted by atomic mass is 16.5. The summed E-state index contributed by atoms with van der Waals surface area (Å²) < 4.78 is 7.40. The lowest BCUT2D eigenvalue weighted by atomic mass is 9.89. The van der Waals surface area contributed by atoms with Gasteiger partial charge in [-0.15, -0.1) is 0 Å². The lowest BCUT2D eigenvalue weighted by molar-refractivity contribution is -0.120. The van der Waals surface area contributed by atoms with Crippen LogP contribution in [-0.4, -0.2) is 15.7 Å². The highest BCUT2D eigenvalue weighted by Gasteiger charge is 2.21. The molecule has 5 nitrogen and oxygen atoms in total. The Morgan fingerprint density at radius 3 is 2.71 bits per heavy atom. The Bertz CT molecular complexity index is 658. The minimum atomic E-state index is 0.116. The number of hydrogen-bond acceptors (Lipinski definition) is 3. The van der Waals surface area contributed by atoms with Crippen LogP contribution in [-0.2, 0) is 17.9 Å². The third-order valence-electron chi connectivity index (χ3n) is 4.57. The average molecular weight is 327 g/mol. The van der Waals surface area contributed by atoms with Gasteiger partial charge in [-0.3, -0.25) is 4.79 Å². The van der Waals surface area contributed by atoms with Crippen LogP contribution in [0.3, 0.4) is 0 Å². The second kappa shape index (κ2) is 7.99. The van der Waals surface area contributed by atoms with E-state index >= 15 is 0 Å². The molecule has 0 aliphatic heterocycles. The van der Waals surface area contributed by atoms with Gasteiger partial charge < -0.3 is 10.1 Å². The monoisotopic (exact) mass is 327 g/mol. The van der Waals surface area contributed by atoms with Gasteiger partial charge >= 0.3 is 0 Å². The molecule has 1 aliphatic rings. The highest BCUT2D eigenvalue weighted by Crippen LogP contribution is 2.24. The molecule has 0 bridgehead atoms. The smallest absolute Gasteiger partial charge is 0.227 e. The normalized spacial score (nSPS) is 15.2. The molecule has 1 aromatic carbocycles. The van der Waals surface area contributed by atoms with E-state index in [1.807, 2.05) is 12.1 Å².